The molecule has 0 atom stereocenters. The Hall–Kier alpha value is -1.97. The second-order valence-electron chi connectivity index (χ2n) is 6.21. The van der Waals surface area contributed by atoms with Gasteiger partial charge in [0.15, 0.2) is 5.96 Å². The predicted molar refractivity (Wildman–Crippen MR) is 119 cm³/mol. The third kappa shape index (κ3) is 5.50. The summed E-state index contributed by atoms with van der Waals surface area (Å²) in [5, 5.41) is 7.88. The largest absolute Gasteiger partial charge is 0.497 e. The number of guanidine groups is 1. The summed E-state index contributed by atoms with van der Waals surface area (Å²) in [6.45, 7) is 5.45. The monoisotopic (exact) mass is 487 g/mol. The number of nitrogens with one attached hydrogen (secondary N) is 1. The Bertz CT molecular complexity index is 789. The number of methoxy groups -OCH3 is 2. The van der Waals surface area contributed by atoms with E-state index in [0.29, 0.717) is 13.1 Å². The molecule has 0 aliphatic rings. The number of nitrogens with zero attached hydrogens (tertiary/aromatic N) is 4. The smallest absolute Gasteiger partial charge is 0.193 e. The number of aryl methyl sites for hydroxylation is 2. The average molecular weight is 487 g/mol. The fourth-order valence-corrected chi connectivity index (χ4v) is 2.94. The van der Waals surface area contributed by atoms with Crippen LogP contribution in [-0.4, -0.2) is 49.0 Å². The van der Waals surface area contributed by atoms with E-state index < -0.39 is 0 Å². The molecule has 0 saturated carbocycles. The Morgan fingerprint density at radius 3 is 2.48 bits per heavy atom. The summed E-state index contributed by atoms with van der Waals surface area (Å²) in [6, 6.07) is 5.84. The molecule has 1 N–H and O–H groups in total. The Morgan fingerprint density at radius 1 is 1.26 bits per heavy atom. The van der Waals surface area contributed by atoms with Gasteiger partial charge in [0.1, 0.15) is 11.5 Å². The maximum absolute atomic E-state index is 5.49. The zero-order valence-electron chi connectivity index (χ0n) is 17.2. The molecule has 0 amide bonds. The first-order valence-electron chi connectivity index (χ1n) is 8.53. The molecule has 0 unspecified atom stereocenters. The van der Waals surface area contributed by atoms with E-state index in [4.69, 9.17) is 9.47 Å². The molecule has 0 aliphatic heterocycles. The highest BCUT2D eigenvalue weighted by atomic mass is 127. The van der Waals surface area contributed by atoms with Gasteiger partial charge in [-0.3, -0.25) is 9.67 Å². The maximum Gasteiger partial charge on any atom is 0.193 e. The molecule has 0 spiro atoms. The highest BCUT2D eigenvalue weighted by Crippen LogP contribution is 2.25. The van der Waals surface area contributed by atoms with Crippen LogP contribution >= 0.6 is 24.0 Å². The molecule has 0 aliphatic carbocycles. The summed E-state index contributed by atoms with van der Waals surface area (Å²) in [6.07, 6.45) is 0. The van der Waals surface area contributed by atoms with Crippen molar-refractivity contribution in [2.75, 3.05) is 28.3 Å². The zero-order valence-corrected chi connectivity index (χ0v) is 19.5. The van der Waals surface area contributed by atoms with Crippen molar-refractivity contribution >= 4 is 29.9 Å². The normalized spacial score (nSPS) is 11.0. The van der Waals surface area contributed by atoms with Gasteiger partial charge in [0.2, 0.25) is 0 Å². The van der Waals surface area contributed by atoms with E-state index in [1.54, 1.807) is 21.3 Å². The van der Waals surface area contributed by atoms with Gasteiger partial charge in [-0.15, -0.1) is 24.0 Å². The molecule has 0 bridgehead atoms. The van der Waals surface area contributed by atoms with E-state index in [1.165, 1.54) is 5.56 Å². The Labute approximate surface area is 178 Å². The number of aromatic nitrogens is 2. The lowest BCUT2D eigenvalue weighted by molar-refractivity contribution is 0.382. The Morgan fingerprint density at radius 2 is 1.96 bits per heavy atom. The third-order valence-corrected chi connectivity index (χ3v) is 4.56. The van der Waals surface area contributed by atoms with E-state index in [9.17, 15) is 0 Å². The summed E-state index contributed by atoms with van der Waals surface area (Å²) < 4.78 is 12.7. The quantitative estimate of drug-likeness (QED) is 0.386. The molecule has 0 fully saturated rings. The third-order valence-electron chi connectivity index (χ3n) is 4.56. The number of halogens is 1. The lowest BCUT2D eigenvalue weighted by atomic mass is 10.2. The van der Waals surface area contributed by atoms with Gasteiger partial charge in [-0.2, -0.15) is 5.10 Å². The van der Waals surface area contributed by atoms with Crippen molar-refractivity contribution in [1.82, 2.24) is 20.0 Å². The van der Waals surface area contributed by atoms with Crippen LogP contribution in [0.1, 0.15) is 22.5 Å². The minimum atomic E-state index is 0. The molecule has 1 heterocycles. The summed E-state index contributed by atoms with van der Waals surface area (Å²) >= 11 is 0. The first kappa shape index (κ1) is 23.1. The van der Waals surface area contributed by atoms with Crippen molar-refractivity contribution in [2.24, 2.45) is 12.0 Å². The van der Waals surface area contributed by atoms with E-state index in [-0.39, 0.29) is 24.0 Å². The molecule has 27 heavy (non-hydrogen) atoms. The lowest BCUT2D eigenvalue weighted by Gasteiger charge is -2.23. The van der Waals surface area contributed by atoms with Crippen LogP contribution in [0.4, 0.5) is 0 Å². The van der Waals surface area contributed by atoms with Gasteiger partial charge in [0, 0.05) is 57.1 Å². The van der Waals surface area contributed by atoms with Crippen LogP contribution in [0, 0.1) is 13.8 Å². The Balaban J connectivity index is 0.00000364. The van der Waals surface area contributed by atoms with Gasteiger partial charge in [-0.1, -0.05) is 0 Å². The average Bonchev–Trinajstić information content (AvgIpc) is 2.88. The summed E-state index contributed by atoms with van der Waals surface area (Å²) in [5.74, 6) is 2.38. The maximum atomic E-state index is 5.49. The molecule has 1 aromatic heterocycles. The van der Waals surface area contributed by atoms with Crippen LogP contribution in [0.5, 0.6) is 11.5 Å². The second kappa shape index (κ2) is 10.4. The molecule has 7 nitrogen and oxygen atoms in total. The molecular formula is C19H30IN5O2. The molecule has 1 aromatic carbocycles. The van der Waals surface area contributed by atoms with Crippen molar-refractivity contribution in [3.8, 4) is 11.5 Å². The van der Waals surface area contributed by atoms with Gasteiger partial charge in [-0.05, 0) is 26.0 Å². The predicted octanol–water partition coefficient (Wildman–Crippen LogP) is 2.88. The molecule has 2 rings (SSSR count). The van der Waals surface area contributed by atoms with Crippen molar-refractivity contribution in [3.63, 3.8) is 0 Å². The topological polar surface area (TPSA) is 63.9 Å². The van der Waals surface area contributed by atoms with Crippen LogP contribution in [-0.2, 0) is 20.1 Å². The second-order valence-corrected chi connectivity index (χ2v) is 6.21. The number of hydrogen-bond acceptors (Lipinski definition) is 4. The standard InChI is InChI=1S/C19H29N5O2.HI/c1-13-17(14(2)24(5)22-13)11-21-19(20-3)23(4)12-15-8-9-16(25-6)10-18(15)26-7;/h8-10H,11-12H2,1-7H3,(H,20,21);1H. The zero-order chi connectivity index (χ0) is 19.3. The molecular weight excluding hydrogens is 457 g/mol. The first-order chi connectivity index (χ1) is 12.4. The fourth-order valence-electron chi connectivity index (χ4n) is 2.94. The number of hydrogen-bond donors (Lipinski definition) is 1. The van der Waals surface area contributed by atoms with Crippen LogP contribution in [0.25, 0.3) is 0 Å². The van der Waals surface area contributed by atoms with Crippen molar-refractivity contribution in [2.45, 2.75) is 26.9 Å². The number of aliphatic imine (C=N–C) groups is 1. The minimum Gasteiger partial charge on any atom is -0.497 e. The van der Waals surface area contributed by atoms with E-state index >= 15 is 0 Å². The fraction of sp³-hybridized carbons (Fsp3) is 0.474. The number of ether oxygens (including phenoxy) is 2. The Kier molecular flexibility index (Phi) is 8.87. The number of benzene rings is 1. The van der Waals surface area contributed by atoms with Gasteiger partial charge in [0.05, 0.1) is 19.9 Å². The van der Waals surface area contributed by atoms with E-state index in [1.807, 2.05) is 43.9 Å². The van der Waals surface area contributed by atoms with Gasteiger partial charge in [0.25, 0.3) is 0 Å². The summed E-state index contributed by atoms with van der Waals surface area (Å²) in [4.78, 5) is 6.45. The van der Waals surface area contributed by atoms with Crippen LogP contribution < -0.4 is 14.8 Å². The van der Waals surface area contributed by atoms with Crippen molar-refractivity contribution in [1.29, 1.82) is 0 Å². The highest BCUT2D eigenvalue weighted by molar-refractivity contribution is 14.0. The number of rotatable bonds is 6. The van der Waals surface area contributed by atoms with Crippen molar-refractivity contribution in [3.05, 3.63) is 40.7 Å². The van der Waals surface area contributed by atoms with Crippen LogP contribution in [0.3, 0.4) is 0 Å². The first-order valence-corrected chi connectivity index (χ1v) is 8.53. The SMILES string of the molecule is CN=C(NCc1c(C)nn(C)c1C)N(C)Cc1ccc(OC)cc1OC.I. The molecule has 150 valence electrons. The van der Waals surface area contributed by atoms with Gasteiger partial charge < -0.3 is 19.7 Å². The molecule has 8 heteroatoms. The molecule has 2 aromatic rings. The van der Waals surface area contributed by atoms with Gasteiger partial charge >= 0.3 is 0 Å². The summed E-state index contributed by atoms with van der Waals surface area (Å²) in [7, 11) is 9.06. The van der Waals surface area contributed by atoms with Crippen molar-refractivity contribution < 1.29 is 9.47 Å². The van der Waals surface area contributed by atoms with E-state index in [0.717, 1.165) is 34.4 Å². The lowest BCUT2D eigenvalue weighted by Crippen LogP contribution is -2.38. The summed E-state index contributed by atoms with van der Waals surface area (Å²) in [5.41, 5.74) is 4.45. The molecule has 0 saturated heterocycles. The van der Waals surface area contributed by atoms with Crippen LogP contribution in [0.2, 0.25) is 0 Å². The van der Waals surface area contributed by atoms with Gasteiger partial charge in [-0.25, -0.2) is 0 Å². The van der Waals surface area contributed by atoms with E-state index in [2.05, 4.69) is 27.2 Å². The minimum absolute atomic E-state index is 0. The highest BCUT2D eigenvalue weighted by Gasteiger charge is 2.14. The molecule has 0 radical (unpaired) electrons. The van der Waals surface area contributed by atoms with Crippen LogP contribution in [0.15, 0.2) is 23.2 Å².